The first-order valence-corrected chi connectivity index (χ1v) is 11.0. The molecule has 8 heteroatoms. The molecular formula is C25H22N6OS. The molecule has 0 spiro atoms. The number of nitrogens with zero attached hydrogens (tertiary/aromatic N) is 4. The van der Waals surface area contributed by atoms with Crippen molar-refractivity contribution >= 4 is 34.6 Å². The number of nitrogens with one attached hydrogen (secondary N) is 2. The first-order valence-electron chi connectivity index (χ1n) is 10.6. The van der Waals surface area contributed by atoms with Gasteiger partial charge in [0.1, 0.15) is 11.9 Å². The molecule has 0 aliphatic carbocycles. The largest absolute Gasteiger partial charge is 0.351 e. The van der Waals surface area contributed by atoms with Gasteiger partial charge in [0.05, 0.1) is 11.7 Å². The van der Waals surface area contributed by atoms with Crippen LogP contribution in [0.3, 0.4) is 0 Å². The van der Waals surface area contributed by atoms with E-state index in [1.54, 1.807) is 12.4 Å². The van der Waals surface area contributed by atoms with Crippen molar-refractivity contribution in [1.82, 2.24) is 19.9 Å². The molecule has 1 fully saturated rings. The van der Waals surface area contributed by atoms with Crippen LogP contribution in [0.2, 0.25) is 0 Å². The average Bonchev–Trinajstić information content (AvgIpc) is 3.45. The fourth-order valence-electron chi connectivity index (χ4n) is 4.18. The molecule has 1 aliphatic rings. The maximum absolute atomic E-state index is 11.4. The fraction of sp³-hybridized carbons (Fsp3) is 0.120. The van der Waals surface area contributed by atoms with Gasteiger partial charge in [-0.05, 0) is 72.9 Å². The molecule has 0 unspecified atom stereocenters. The summed E-state index contributed by atoms with van der Waals surface area (Å²) in [6, 6.07) is 23.2. The van der Waals surface area contributed by atoms with Crippen molar-refractivity contribution in [2.75, 3.05) is 10.2 Å². The molecule has 1 amide bonds. The summed E-state index contributed by atoms with van der Waals surface area (Å²) in [6.07, 6.45) is 5.58. The summed E-state index contributed by atoms with van der Waals surface area (Å²) in [4.78, 5) is 22.7. The highest BCUT2D eigenvalue weighted by molar-refractivity contribution is 7.80. The maximum atomic E-state index is 11.4. The number of amides is 1. The lowest BCUT2D eigenvalue weighted by Crippen LogP contribution is -2.30. The van der Waals surface area contributed by atoms with Crippen molar-refractivity contribution < 1.29 is 4.79 Å². The minimum atomic E-state index is -0.170. The molecule has 3 aromatic heterocycles. The van der Waals surface area contributed by atoms with Gasteiger partial charge < -0.3 is 20.1 Å². The number of aromatic nitrogens is 3. The van der Waals surface area contributed by atoms with Crippen LogP contribution in [-0.2, 0) is 4.79 Å². The van der Waals surface area contributed by atoms with Gasteiger partial charge in [0.15, 0.2) is 5.11 Å². The van der Waals surface area contributed by atoms with Crippen molar-refractivity contribution in [3.63, 3.8) is 0 Å². The standard InChI is InChI=1S/C25H22N6OS/c1-17(32)28-18-10-12-19(13-11-18)31-24(23(29-25(31)33)20-7-2-4-14-26-20)21-8-6-16-30(21)22-9-3-5-15-27-22/h2-16,23-24H,1H3,(H,28,32)(H,29,33)/t23-,24+/m0/s1. The number of carbonyl (C=O) groups is 1. The summed E-state index contributed by atoms with van der Waals surface area (Å²) < 4.78 is 2.08. The molecular weight excluding hydrogens is 432 g/mol. The zero-order valence-corrected chi connectivity index (χ0v) is 18.7. The lowest BCUT2D eigenvalue weighted by atomic mass is 10.0. The van der Waals surface area contributed by atoms with Gasteiger partial charge in [-0.1, -0.05) is 12.1 Å². The highest BCUT2D eigenvalue weighted by Gasteiger charge is 2.42. The van der Waals surface area contributed by atoms with E-state index in [1.807, 2.05) is 72.9 Å². The average molecular weight is 455 g/mol. The molecule has 1 aromatic carbocycles. The van der Waals surface area contributed by atoms with Crippen molar-refractivity contribution in [1.29, 1.82) is 0 Å². The van der Waals surface area contributed by atoms with Crippen LogP contribution in [0.5, 0.6) is 0 Å². The van der Waals surface area contributed by atoms with Crippen LogP contribution in [-0.4, -0.2) is 25.6 Å². The zero-order chi connectivity index (χ0) is 22.8. The lowest BCUT2D eigenvalue weighted by Gasteiger charge is -2.29. The van der Waals surface area contributed by atoms with Crippen molar-refractivity contribution in [2.24, 2.45) is 0 Å². The number of benzene rings is 1. The Morgan fingerprint density at radius 3 is 2.39 bits per heavy atom. The van der Waals surface area contributed by atoms with Gasteiger partial charge >= 0.3 is 0 Å². The first-order chi connectivity index (χ1) is 16.1. The minimum Gasteiger partial charge on any atom is -0.351 e. The van der Waals surface area contributed by atoms with Crippen molar-refractivity contribution in [2.45, 2.75) is 19.0 Å². The summed E-state index contributed by atoms with van der Waals surface area (Å²) >= 11 is 5.81. The third-order valence-electron chi connectivity index (χ3n) is 5.54. The number of anilines is 2. The summed E-state index contributed by atoms with van der Waals surface area (Å²) in [5.74, 6) is 0.721. The molecule has 2 N–H and O–H groups in total. The molecule has 4 aromatic rings. The summed E-state index contributed by atoms with van der Waals surface area (Å²) in [5.41, 5.74) is 3.58. The second-order valence-electron chi connectivity index (χ2n) is 7.72. The Kier molecular flexibility index (Phi) is 5.58. The molecule has 5 rings (SSSR count). The van der Waals surface area contributed by atoms with E-state index in [1.165, 1.54) is 6.92 Å². The van der Waals surface area contributed by atoms with Crippen LogP contribution in [0.4, 0.5) is 11.4 Å². The Hall–Kier alpha value is -4.04. The maximum Gasteiger partial charge on any atom is 0.221 e. The predicted molar refractivity (Wildman–Crippen MR) is 132 cm³/mol. The van der Waals surface area contributed by atoms with Gasteiger partial charge in [0.2, 0.25) is 5.91 Å². The molecule has 33 heavy (non-hydrogen) atoms. The summed E-state index contributed by atoms with van der Waals surface area (Å²) in [6.45, 7) is 1.49. The Bertz CT molecular complexity index is 1270. The highest BCUT2D eigenvalue weighted by Crippen LogP contribution is 2.42. The third-order valence-corrected chi connectivity index (χ3v) is 5.86. The Morgan fingerprint density at radius 1 is 0.970 bits per heavy atom. The molecule has 0 saturated carbocycles. The third kappa shape index (κ3) is 4.08. The predicted octanol–water partition coefficient (Wildman–Crippen LogP) is 4.40. The quantitative estimate of drug-likeness (QED) is 0.436. The monoisotopic (exact) mass is 454 g/mol. The van der Waals surface area contributed by atoms with E-state index in [-0.39, 0.29) is 18.0 Å². The first kappa shape index (κ1) is 20.8. The summed E-state index contributed by atoms with van der Waals surface area (Å²) in [7, 11) is 0. The number of pyridine rings is 2. The number of hydrogen-bond acceptors (Lipinski definition) is 4. The van der Waals surface area contributed by atoms with Crippen LogP contribution < -0.4 is 15.5 Å². The molecule has 164 valence electrons. The van der Waals surface area contributed by atoms with Gasteiger partial charge in [-0.3, -0.25) is 9.78 Å². The Balaban J connectivity index is 1.61. The van der Waals surface area contributed by atoms with E-state index in [0.29, 0.717) is 5.11 Å². The smallest absolute Gasteiger partial charge is 0.221 e. The van der Waals surface area contributed by atoms with E-state index in [9.17, 15) is 4.79 Å². The second-order valence-corrected chi connectivity index (χ2v) is 8.10. The normalized spacial score (nSPS) is 17.6. The molecule has 4 heterocycles. The number of rotatable bonds is 5. The van der Waals surface area contributed by atoms with Gasteiger partial charge in [-0.15, -0.1) is 0 Å². The molecule has 7 nitrogen and oxygen atoms in total. The van der Waals surface area contributed by atoms with Crippen LogP contribution in [0.25, 0.3) is 5.82 Å². The number of thiocarbonyl (C=S) groups is 1. The van der Waals surface area contributed by atoms with Gasteiger partial charge in [-0.2, -0.15) is 0 Å². The molecule has 2 atom stereocenters. The van der Waals surface area contributed by atoms with Crippen LogP contribution in [0.1, 0.15) is 30.4 Å². The van der Waals surface area contributed by atoms with Crippen LogP contribution in [0, 0.1) is 0 Å². The second kappa shape index (κ2) is 8.84. The van der Waals surface area contributed by atoms with Crippen molar-refractivity contribution in [3.05, 3.63) is 103 Å². The molecule has 0 bridgehead atoms. The zero-order valence-electron chi connectivity index (χ0n) is 17.9. The topological polar surface area (TPSA) is 75.1 Å². The Labute approximate surface area is 197 Å². The van der Waals surface area contributed by atoms with Crippen LogP contribution in [0.15, 0.2) is 91.4 Å². The van der Waals surface area contributed by atoms with E-state index >= 15 is 0 Å². The SMILES string of the molecule is CC(=O)Nc1ccc(N2C(=S)N[C@@H](c3ccccn3)[C@H]2c2cccn2-c2ccccn2)cc1. The summed E-state index contributed by atoms with van der Waals surface area (Å²) in [5, 5.41) is 6.89. The van der Waals surface area contributed by atoms with Gasteiger partial charge in [0.25, 0.3) is 0 Å². The van der Waals surface area contributed by atoms with Gasteiger partial charge in [-0.25, -0.2) is 4.98 Å². The minimum absolute atomic E-state index is 0.109. The Morgan fingerprint density at radius 2 is 1.73 bits per heavy atom. The molecule has 0 radical (unpaired) electrons. The van der Waals surface area contributed by atoms with E-state index < -0.39 is 0 Å². The lowest BCUT2D eigenvalue weighted by molar-refractivity contribution is -0.114. The van der Waals surface area contributed by atoms with Crippen LogP contribution >= 0.6 is 12.2 Å². The number of carbonyl (C=O) groups excluding carboxylic acids is 1. The van der Waals surface area contributed by atoms with E-state index in [4.69, 9.17) is 12.2 Å². The number of hydrogen-bond donors (Lipinski definition) is 2. The molecule has 1 saturated heterocycles. The van der Waals surface area contributed by atoms with E-state index in [2.05, 4.69) is 36.1 Å². The van der Waals surface area contributed by atoms with Crippen molar-refractivity contribution in [3.8, 4) is 5.82 Å². The van der Waals surface area contributed by atoms with E-state index in [0.717, 1.165) is 28.6 Å². The highest BCUT2D eigenvalue weighted by atomic mass is 32.1. The van der Waals surface area contributed by atoms with Gasteiger partial charge in [0, 0.05) is 42.6 Å². The molecule has 1 aliphatic heterocycles. The fourth-order valence-corrected chi connectivity index (χ4v) is 4.53.